The van der Waals surface area contributed by atoms with Crippen LogP contribution in [0.1, 0.15) is 12.0 Å². The Kier molecular flexibility index (Phi) is 5.77. The van der Waals surface area contributed by atoms with Crippen LogP contribution in [0.25, 0.3) is 0 Å². The molecule has 1 saturated heterocycles. The number of hydrogen-bond donors (Lipinski definition) is 1. The maximum atomic E-state index is 12.6. The highest BCUT2D eigenvalue weighted by atomic mass is 35.5. The highest BCUT2D eigenvalue weighted by Crippen LogP contribution is 2.36. The Morgan fingerprint density at radius 3 is 2.68 bits per heavy atom. The van der Waals surface area contributed by atoms with Crippen molar-refractivity contribution >= 4 is 24.0 Å². The van der Waals surface area contributed by atoms with E-state index < -0.39 is 11.7 Å². The molecule has 0 radical (unpaired) electrons. The maximum Gasteiger partial charge on any atom is 0.417 e. The quantitative estimate of drug-likeness (QED) is 0.916. The Hall–Kier alpha value is -0.650. The van der Waals surface area contributed by atoms with Gasteiger partial charge in [0.1, 0.15) is 5.75 Å². The van der Waals surface area contributed by atoms with E-state index in [-0.39, 0.29) is 23.2 Å². The minimum Gasteiger partial charge on any atom is -0.493 e. The molecule has 1 aromatic carbocycles. The summed E-state index contributed by atoms with van der Waals surface area (Å²) in [5.74, 6) is 0.564. The summed E-state index contributed by atoms with van der Waals surface area (Å²) in [6.45, 7) is 2.20. The molecule has 19 heavy (non-hydrogen) atoms. The van der Waals surface area contributed by atoms with E-state index in [0.29, 0.717) is 12.5 Å². The lowest BCUT2D eigenvalue weighted by molar-refractivity contribution is -0.137. The fraction of sp³-hybridized carbons (Fsp3) is 0.500. The number of rotatable bonds is 3. The van der Waals surface area contributed by atoms with E-state index >= 15 is 0 Å². The van der Waals surface area contributed by atoms with Gasteiger partial charge in [-0.1, -0.05) is 11.6 Å². The van der Waals surface area contributed by atoms with Crippen molar-refractivity contribution in [2.45, 2.75) is 12.6 Å². The summed E-state index contributed by atoms with van der Waals surface area (Å²) in [4.78, 5) is 0. The van der Waals surface area contributed by atoms with Crippen molar-refractivity contribution in [1.82, 2.24) is 5.32 Å². The first-order valence-electron chi connectivity index (χ1n) is 5.67. The van der Waals surface area contributed by atoms with E-state index in [9.17, 15) is 13.2 Å². The Balaban J connectivity index is 0.00000180. The molecular weight excluding hydrogens is 302 g/mol. The molecule has 0 aromatic heterocycles. The van der Waals surface area contributed by atoms with Crippen LogP contribution in [0.15, 0.2) is 18.2 Å². The van der Waals surface area contributed by atoms with Crippen LogP contribution in [0.4, 0.5) is 13.2 Å². The van der Waals surface area contributed by atoms with Crippen molar-refractivity contribution < 1.29 is 17.9 Å². The standard InChI is InChI=1S/C12H13ClF3NO.ClH/c13-11-2-1-9(5-10(11)12(14,15)16)18-7-8-3-4-17-6-8;/h1-2,5,8,17H,3-4,6-7H2;1H. The van der Waals surface area contributed by atoms with Gasteiger partial charge in [0.2, 0.25) is 0 Å². The predicted molar refractivity (Wildman–Crippen MR) is 70.2 cm³/mol. The van der Waals surface area contributed by atoms with Crippen molar-refractivity contribution in [3.63, 3.8) is 0 Å². The first-order valence-corrected chi connectivity index (χ1v) is 6.05. The fourth-order valence-electron chi connectivity index (χ4n) is 1.88. The molecular formula is C12H14Cl2F3NO. The Morgan fingerprint density at radius 1 is 1.37 bits per heavy atom. The molecule has 0 spiro atoms. The molecule has 1 aliphatic heterocycles. The topological polar surface area (TPSA) is 21.3 Å². The summed E-state index contributed by atoms with van der Waals surface area (Å²) < 4.78 is 43.2. The van der Waals surface area contributed by atoms with Crippen LogP contribution < -0.4 is 10.1 Å². The molecule has 1 fully saturated rings. The van der Waals surface area contributed by atoms with Gasteiger partial charge in [0.15, 0.2) is 0 Å². The molecule has 1 heterocycles. The number of ether oxygens (including phenoxy) is 1. The third-order valence-electron chi connectivity index (χ3n) is 2.89. The summed E-state index contributed by atoms with van der Waals surface area (Å²) in [6.07, 6.45) is -3.47. The summed E-state index contributed by atoms with van der Waals surface area (Å²) in [5, 5.41) is 2.86. The van der Waals surface area contributed by atoms with Crippen molar-refractivity contribution in [3.05, 3.63) is 28.8 Å². The average Bonchev–Trinajstić information content (AvgIpc) is 2.79. The Labute approximate surface area is 120 Å². The van der Waals surface area contributed by atoms with Gasteiger partial charge in [-0.3, -0.25) is 0 Å². The first kappa shape index (κ1) is 16.4. The van der Waals surface area contributed by atoms with E-state index in [4.69, 9.17) is 16.3 Å². The van der Waals surface area contributed by atoms with Crippen molar-refractivity contribution in [3.8, 4) is 5.75 Å². The number of halogens is 5. The van der Waals surface area contributed by atoms with E-state index in [1.54, 1.807) is 0 Å². The minimum atomic E-state index is -4.45. The summed E-state index contributed by atoms with van der Waals surface area (Å²) in [7, 11) is 0. The van der Waals surface area contributed by atoms with E-state index in [1.807, 2.05) is 0 Å². The number of alkyl halides is 3. The van der Waals surface area contributed by atoms with Crippen LogP contribution in [0.5, 0.6) is 5.75 Å². The zero-order chi connectivity index (χ0) is 13.2. The average molecular weight is 316 g/mol. The van der Waals surface area contributed by atoms with Gasteiger partial charge in [0.25, 0.3) is 0 Å². The molecule has 1 unspecified atom stereocenters. The molecule has 1 atom stereocenters. The monoisotopic (exact) mass is 315 g/mol. The molecule has 0 amide bonds. The third kappa shape index (κ3) is 4.44. The smallest absolute Gasteiger partial charge is 0.417 e. The van der Waals surface area contributed by atoms with Gasteiger partial charge >= 0.3 is 6.18 Å². The molecule has 0 saturated carbocycles. The molecule has 2 rings (SSSR count). The van der Waals surface area contributed by atoms with Gasteiger partial charge in [0.05, 0.1) is 17.2 Å². The van der Waals surface area contributed by atoms with Crippen LogP contribution in [0, 0.1) is 5.92 Å². The van der Waals surface area contributed by atoms with Gasteiger partial charge < -0.3 is 10.1 Å². The molecule has 7 heteroatoms. The van der Waals surface area contributed by atoms with Gasteiger partial charge in [-0.15, -0.1) is 12.4 Å². The van der Waals surface area contributed by atoms with Crippen molar-refractivity contribution in [2.75, 3.05) is 19.7 Å². The lowest BCUT2D eigenvalue weighted by Crippen LogP contribution is -2.15. The lowest BCUT2D eigenvalue weighted by Gasteiger charge is -2.14. The minimum absolute atomic E-state index is 0. The molecule has 108 valence electrons. The highest BCUT2D eigenvalue weighted by molar-refractivity contribution is 6.31. The molecule has 1 N–H and O–H groups in total. The van der Waals surface area contributed by atoms with E-state index in [1.165, 1.54) is 12.1 Å². The zero-order valence-corrected chi connectivity index (χ0v) is 11.5. The predicted octanol–water partition coefficient (Wildman–Crippen LogP) is 3.77. The fourth-order valence-corrected chi connectivity index (χ4v) is 2.11. The van der Waals surface area contributed by atoms with Crippen molar-refractivity contribution in [1.29, 1.82) is 0 Å². The molecule has 2 nitrogen and oxygen atoms in total. The second-order valence-corrected chi connectivity index (χ2v) is 4.72. The number of nitrogens with one attached hydrogen (secondary N) is 1. The Bertz CT molecular complexity index is 420. The zero-order valence-electron chi connectivity index (χ0n) is 9.97. The van der Waals surface area contributed by atoms with Gasteiger partial charge in [-0.25, -0.2) is 0 Å². The molecule has 0 bridgehead atoms. The van der Waals surface area contributed by atoms with Crippen LogP contribution in [-0.2, 0) is 6.18 Å². The summed E-state index contributed by atoms with van der Waals surface area (Å²) >= 11 is 5.52. The Morgan fingerprint density at radius 2 is 2.11 bits per heavy atom. The lowest BCUT2D eigenvalue weighted by atomic mass is 10.1. The maximum absolute atomic E-state index is 12.6. The summed E-state index contributed by atoms with van der Waals surface area (Å²) in [5.41, 5.74) is -0.855. The van der Waals surface area contributed by atoms with Crippen LogP contribution >= 0.6 is 24.0 Å². The third-order valence-corrected chi connectivity index (χ3v) is 3.22. The van der Waals surface area contributed by atoms with Crippen LogP contribution in [0.2, 0.25) is 5.02 Å². The number of benzene rings is 1. The van der Waals surface area contributed by atoms with Crippen molar-refractivity contribution in [2.24, 2.45) is 5.92 Å². The van der Waals surface area contributed by atoms with Crippen LogP contribution in [0.3, 0.4) is 0 Å². The molecule has 1 aromatic rings. The normalized spacial score (nSPS) is 19.1. The van der Waals surface area contributed by atoms with E-state index in [2.05, 4.69) is 5.32 Å². The second-order valence-electron chi connectivity index (χ2n) is 4.31. The van der Waals surface area contributed by atoms with Gasteiger partial charge in [-0.05, 0) is 31.2 Å². The largest absolute Gasteiger partial charge is 0.493 e. The number of hydrogen-bond acceptors (Lipinski definition) is 2. The van der Waals surface area contributed by atoms with Gasteiger partial charge in [-0.2, -0.15) is 13.2 Å². The second kappa shape index (κ2) is 6.68. The highest BCUT2D eigenvalue weighted by Gasteiger charge is 2.33. The SMILES string of the molecule is Cl.FC(F)(F)c1cc(OCC2CCNC2)ccc1Cl. The van der Waals surface area contributed by atoms with Crippen LogP contribution in [-0.4, -0.2) is 19.7 Å². The first-order chi connectivity index (χ1) is 8.47. The van der Waals surface area contributed by atoms with Gasteiger partial charge in [0, 0.05) is 12.5 Å². The summed E-state index contributed by atoms with van der Waals surface area (Å²) in [6, 6.07) is 3.62. The molecule has 0 aliphatic carbocycles. The molecule has 1 aliphatic rings. The van der Waals surface area contributed by atoms with E-state index in [0.717, 1.165) is 25.6 Å².